The molecular formula is C55H113N2O6P. The molecule has 0 aromatic carbocycles. The Kier molecular flexibility index (Phi) is 47.2. The highest BCUT2D eigenvalue weighted by Crippen LogP contribution is 2.38. The first kappa shape index (κ1) is 63.5. The van der Waals surface area contributed by atoms with Crippen LogP contribution in [0.3, 0.4) is 0 Å². The zero-order valence-corrected chi connectivity index (χ0v) is 44.7. The number of phosphoric acid groups is 1. The van der Waals surface area contributed by atoms with E-state index in [0.717, 1.165) is 38.5 Å². The Morgan fingerprint density at radius 1 is 0.484 bits per heavy atom. The lowest BCUT2D eigenvalue weighted by Crippen LogP contribution is -2.46. The number of nitrogens with one attached hydrogen (secondary N) is 1. The third-order valence-electron chi connectivity index (χ3n) is 13.3. The summed E-state index contributed by atoms with van der Waals surface area (Å²) in [5.74, 6) is -0.158. The summed E-state index contributed by atoms with van der Waals surface area (Å²) in [4.78, 5) is 25.5. The highest BCUT2D eigenvalue weighted by Gasteiger charge is 2.24. The topological polar surface area (TPSA) is 108 Å². The fourth-order valence-corrected chi connectivity index (χ4v) is 9.59. The monoisotopic (exact) mass is 929 g/mol. The molecule has 0 heterocycles. The molecule has 384 valence electrons. The van der Waals surface area contributed by atoms with E-state index in [1.807, 2.05) is 21.1 Å². The molecule has 0 saturated heterocycles. The van der Waals surface area contributed by atoms with Crippen molar-refractivity contribution in [1.82, 2.24) is 5.32 Å². The molecule has 0 bridgehead atoms. The number of carbonyl (C=O) groups excluding carboxylic acids is 1. The molecule has 64 heavy (non-hydrogen) atoms. The van der Waals surface area contributed by atoms with Crippen LogP contribution in [-0.4, -0.2) is 68.5 Å². The first-order valence-corrected chi connectivity index (χ1v) is 29.8. The van der Waals surface area contributed by atoms with Gasteiger partial charge in [-0.15, -0.1) is 0 Å². The standard InChI is InChI=1S/C55H113N2O6P/c1-6-8-10-12-14-16-18-20-22-24-25-26-27-28-29-30-31-32-33-34-36-38-40-42-44-46-48-54(58)53(52-63-64(60,61)62-51-50-57(3,4)5)56-55(59)49-47-45-43-41-39-37-35-23-21-19-17-15-13-11-9-7-2/h53-54,58H,6-52H2,1-5H3,(H-,56,59,60,61). The second-order valence-corrected chi connectivity index (χ2v) is 22.4. The van der Waals surface area contributed by atoms with E-state index >= 15 is 0 Å². The van der Waals surface area contributed by atoms with Crippen molar-refractivity contribution in [2.75, 3.05) is 40.9 Å². The molecule has 3 atom stereocenters. The van der Waals surface area contributed by atoms with Crippen LogP contribution in [0.2, 0.25) is 0 Å². The highest BCUT2D eigenvalue weighted by molar-refractivity contribution is 7.45. The maximum atomic E-state index is 12.9. The molecule has 0 fully saturated rings. The van der Waals surface area contributed by atoms with Crippen molar-refractivity contribution in [3.8, 4) is 0 Å². The van der Waals surface area contributed by atoms with Gasteiger partial charge in [0.05, 0.1) is 39.9 Å². The maximum absolute atomic E-state index is 12.9. The lowest BCUT2D eigenvalue weighted by molar-refractivity contribution is -0.870. The molecule has 9 heteroatoms. The van der Waals surface area contributed by atoms with Crippen molar-refractivity contribution >= 4 is 13.7 Å². The molecular weight excluding hydrogens is 816 g/mol. The number of unbranched alkanes of at least 4 members (excludes halogenated alkanes) is 40. The van der Waals surface area contributed by atoms with E-state index in [9.17, 15) is 19.4 Å². The number of likely N-dealkylation sites (N-methyl/N-ethyl adjacent to an activating group) is 1. The Bertz CT molecular complexity index is 1010. The summed E-state index contributed by atoms with van der Waals surface area (Å²) in [5.41, 5.74) is 0. The summed E-state index contributed by atoms with van der Waals surface area (Å²) < 4.78 is 23.4. The number of carbonyl (C=O) groups is 1. The Morgan fingerprint density at radius 2 is 0.766 bits per heavy atom. The van der Waals surface area contributed by atoms with Gasteiger partial charge in [0.15, 0.2) is 0 Å². The van der Waals surface area contributed by atoms with Gasteiger partial charge in [-0.05, 0) is 12.8 Å². The van der Waals surface area contributed by atoms with Crippen LogP contribution in [0.4, 0.5) is 0 Å². The third-order valence-corrected chi connectivity index (χ3v) is 14.3. The molecule has 0 radical (unpaired) electrons. The average molecular weight is 929 g/mol. The number of rotatable bonds is 53. The zero-order valence-electron chi connectivity index (χ0n) is 43.8. The van der Waals surface area contributed by atoms with Crippen LogP contribution < -0.4 is 10.2 Å². The van der Waals surface area contributed by atoms with Crippen molar-refractivity contribution in [3.63, 3.8) is 0 Å². The highest BCUT2D eigenvalue weighted by atomic mass is 31.2. The van der Waals surface area contributed by atoms with Gasteiger partial charge in [0.25, 0.3) is 7.82 Å². The lowest BCUT2D eigenvalue weighted by atomic mass is 10.0. The summed E-state index contributed by atoms with van der Waals surface area (Å²) >= 11 is 0. The zero-order chi connectivity index (χ0) is 47.1. The molecule has 0 aliphatic heterocycles. The van der Waals surface area contributed by atoms with Crippen LogP contribution in [0, 0.1) is 0 Å². The van der Waals surface area contributed by atoms with Crippen molar-refractivity contribution < 1.29 is 32.9 Å². The number of nitrogens with zero attached hydrogens (tertiary/aromatic N) is 1. The van der Waals surface area contributed by atoms with Crippen LogP contribution in [0.25, 0.3) is 0 Å². The first-order valence-electron chi connectivity index (χ1n) is 28.4. The van der Waals surface area contributed by atoms with E-state index < -0.39 is 20.0 Å². The molecule has 0 aliphatic rings. The van der Waals surface area contributed by atoms with Crippen LogP contribution in [-0.2, 0) is 18.4 Å². The quantitative estimate of drug-likeness (QED) is 0.0357. The molecule has 0 aromatic rings. The minimum Gasteiger partial charge on any atom is -0.756 e. The predicted octanol–water partition coefficient (Wildman–Crippen LogP) is 16.2. The molecule has 0 rings (SSSR count). The van der Waals surface area contributed by atoms with Gasteiger partial charge in [-0.1, -0.05) is 277 Å². The molecule has 0 aromatic heterocycles. The number of aliphatic hydroxyl groups is 1. The number of hydrogen-bond acceptors (Lipinski definition) is 6. The molecule has 0 saturated carbocycles. The number of quaternary nitrogens is 1. The van der Waals surface area contributed by atoms with Crippen LogP contribution in [0.15, 0.2) is 0 Å². The van der Waals surface area contributed by atoms with Gasteiger partial charge < -0.3 is 28.8 Å². The van der Waals surface area contributed by atoms with E-state index in [2.05, 4.69) is 19.2 Å². The second-order valence-electron chi connectivity index (χ2n) is 21.0. The SMILES string of the molecule is CCCCCCCCCCCCCCCCCCCCCCCCCCCCC(O)C(COP(=O)([O-])OCC[N+](C)(C)C)NC(=O)CCCCCCCCCCCCCCCCCC. The molecule has 2 N–H and O–H groups in total. The Morgan fingerprint density at radius 3 is 1.06 bits per heavy atom. The molecule has 1 amide bonds. The van der Waals surface area contributed by atoms with E-state index in [1.165, 1.54) is 231 Å². The van der Waals surface area contributed by atoms with Crippen molar-refractivity contribution in [3.05, 3.63) is 0 Å². The van der Waals surface area contributed by atoms with Crippen molar-refractivity contribution in [2.45, 2.75) is 309 Å². The third kappa shape index (κ3) is 49.4. The summed E-state index contributed by atoms with van der Waals surface area (Å²) in [7, 11) is 1.32. The van der Waals surface area contributed by atoms with Gasteiger partial charge in [-0.3, -0.25) is 9.36 Å². The fourth-order valence-electron chi connectivity index (χ4n) is 8.87. The largest absolute Gasteiger partial charge is 0.756 e. The van der Waals surface area contributed by atoms with Crippen LogP contribution in [0.1, 0.15) is 296 Å². The summed E-state index contributed by atoms with van der Waals surface area (Å²) in [6.45, 7) is 4.77. The number of phosphoric ester groups is 1. The van der Waals surface area contributed by atoms with E-state index in [4.69, 9.17) is 9.05 Å². The average Bonchev–Trinajstić information content (AvgIpc) is 3.25. The van der Waals surface area contributed by atoms with Gasteiger partial charge in [-0.2, -0.15) is 0 Å². The predicted molar refractivity (Wildman–Crippen MR) is 275 cm³/mol. The van der Waals surface area contributed by atoms with Crippen molar-refractivity contribution in [2.24, 2.45) is 0 Å². The molecule has 8 nitrogen and oxygen atoms in total. The molecule has 0 aliphatic carbocycles. The second kappa shape index (κ2) is 47.6. The van der Waals surface area contributed by atoms with E-state index in [-0.39, 0.29) is 19.1 Å². The number of hydrogen-bond donors (Lipinski definition) is 2. The van der Waals surface area contributed by atoms with Gasteiger partial charge >= 0.3 is 0 Å². The number of aliphatic hydroxyl groups excluding tert-OH is 1. The van der Waals surface area contributed by atoms with Gasteiger partial charge in [0.2, 0.25) is 5.91 Å². The van der Waals surface area contributed by atoms with E-state index in [0.29, 0.717) is 23.9 Å². The maximum Gasteiger partial charge on any atom is 0.268 e. The van der Waals surface area contributed by atoms with Gasteiger partial charge in [-0.25, -0.2) is 0 Å². The Labute approximate surface area is 399 Å². The number of amides is 1. The van der Waals surface area contributed by atoms with Crippen molar-refractivity contribution in [1.29, 1.82) is 0 Å². The summed E-state index contributed by atoms with van der Waals surface area (Å²) in [6.07, 6.45) is 55.6. The lowest BCUT2D eigenvalue weighted by Gasteiger charge is -2.30. The van der Waals surface area contributed by atoms with Gasteiger partial charge in [0, 0.05) is 6.42 Å². The van der Waals surface area contributed by atoms with Crippen LogP contribution >= 0.6 is 7.82 Å². The molecule has 3 unspecified atom stereocenters. The smallest absolute Gasteiger partial charge is 0.268 e. The fraction of sp³-hybridized carbons (Fsp3) is 0.982. The normalized spacial score (nSPS) is 13.9. The molecule has 0 spiro atoms. The summed E-state index contributed by atoms with van der Waals surface area (Å²) in [6, 6.07) is -0.794. The minimum atomic E-state index is -4.57. The Hall–Kier alpha value is -0.500. The summed E-state index contributed by atoms with van der Waals surface area (Å²) in [5, 5.41) is 14.0. The van der Waals surface area contributed by atoms with E-state index in [1.54, 1.807) is 0 Å². The minimum absolute atomic E-state index is 0.0166. The van der Waals surface area contributed by atoms with Crippen LogP contribution in [0.5, 0.6) is 0 Å². The van der Waals surface area contributed by atoms with Gasteiger partial charge in [0.1, 0.15) is 13.2 Å². The Balaban J connectivity index is 4.10. The first-order chi connectivity index (χ1) is 31.0.